The topological polar surface area (TPSA) is 79.3 Å². The van der Waals surface area contributed by atoms with Gasteiger partial charge in [-0.3, -0.25) is 9.59 Å². The van der Waals surface area contributed by atoms with Crippen molar-refractivity contribution in [1.29, 1.82) is 0 Å². The van der Waals surface area contributed by atoms with E-state index in [1.807, 2.05) is 22.8 Å². The zero-order valence-corrected chi connectivity index (χ0v) is 15.8. The highest BCUT2D eigenvalue weighted by molar-refractivity contribution is 7.98. The van der Waals surface area contributed by atoms with Crippen molar-refractivity contribution in [2.45, 2.75) is 31.0 Å². The number of thioether (sulfide) groups is 1. The summed E-state index contributed by atoms with van der Waals surface area (Å²) < 4.78 is 1.99. The van der Waals surface area contributed by atoms with Crippen LogP contribution in [0.3, 0.4) is 0 Å². The van der Waals surface area contributed by atoms with Gasteiger partial charge in [-0.1, -0.05) is 11.8 Å². The minimum atomic E-state index is -0.154. The molecule has 2 unspecified atom stereocenters. The van der Waals surface area contributed by atoms with E-state index in [0.717, 1.165) is 36.8 Å². The number of hydrogen-bond acceptors (Lipinski definition) is 5. The van der Waals surface area contributed by atoms with Gasteiger partial charge in [0.2, 0.25) is 11.8 Å². The van der Waals surface area contributed by atoms with Gasteiger partial charge >= 0.3 is 0 Å². The van der Waals surface area contributed by atoms with Crippen molar-refractivity contribution in [3.8, 4) is 0 Å². The lowest BCUT2D eigenvalue weighted by Gasteiger charge is -2.31. The van der Waals surface area contributed by atoms with Crippen molar-refractivity contribution in [3.63, 3.8) is 0 Å². The first kappa shape index (κ1) is 18.3. The molecule has 8 heteroatoms. The highest BCUT2D eigenvalue weighted by Gasteiger charge is 2.34. The number of rotatable bonds is 5. The SMILES string of the molecule is CSc1ncc(CNC(=O)C2CNCC(C(=O)N3CCCC3)C2)n1C. The van der Waals surface area contributed by atoms with Crippen LogP contribution in [0.4, 0.5) is 0 Å². The number of aromatic nitrogens is 2. The predicted molar refractivity (Wildman–Crippen MR) is 97.1 cm³/mol. The Kier molecular flexibility index (Phi) is 6.01. The summed E-state index contributed by atoms with van der Waals surface area (Å²) in [6.07, 6.45) is 6.60. The normalized spacial score (nSPS) is 23.7. The first-order valence-electron chi connectivity index (χ1n) is 8.92. The summed E-state index contributed by atoms with van der Waals surface area (Å²) in [6.45, 7) is 3.51. The number of carbonyl (C=O) groups is 2. The van der Waals surface area contributed by atoms with Gasteiger partial charge in [0, 0.05) is 33.2 Å². The Balaban J connectivity index is 1.52. The second-order valence-electron chi connectivity index (χ2n) is 6.83. The fourth-order valence-corrected chi connectivity index (χ4v) is 4.18. The third-order valence-electron chi connectivity index (χ3n) is 5.16. The molecule has 1 aromatic rings. The maximum Gasteiger partial charge on any atom is 0.226 e. The summed E-state index contributed by atoms with van der Waals surface area (Å²) in [5.74, 6) is -0.0157. The number of imidazole rings is 1. The molecule has 2 aliphatic heterocycles. The highest BCUT2D eigenvalue weighted by atomic mass is 32.2. The molecule has 25 heavy (non-hydrogen) atoms. The zero-order valence-electron chi connectivity index (χ0n) is 15.0. The number of carbonyl (C=O) groups excluding carboxylic acids is 2. The largest absolute Gasteiger partial charge is 0.350 e. The molecule has 0 saturated carbocycles. The second kappa shape index (κ2) is 8.23. The van der Waals surface area contributed by atoms with E-state index in [4.69, 9.17) is 0 Å². The molecule has 0 radical (unpaired) electrons. The highest BCUT2D eigenvalue weighted by Crippen LogP contribution is 2.21. The zero-order chi connectivity index (χ0) is 17.8. The van der Waals surface area contributed by atoms with Gasteiger partial charge in [0.1, 0.15) is 0 Å². The average molecular weight is 366 g/mol. The van der Waals surface area contributed by atoms with Crippen molar-refractivity contribution in [1.82, 2.24) is 25.1 Å². The van der Waals surface area contributed by atoms with E-state index in [1.54, 1.807) is 18.0 Å². The van der Waals surface area contributed by atoms with E-state index in [9.17, 15) is 9.59 Å². The maximum absolute atomic E-state index is 12.6. The Morgan fingerprint density at radius 2 is 2.04 bits per heavy atom. The smallest absolute Gasteiger partial charge is 0.226 e. The molecule has 2 amide bonds. The second-order valence-corrected chi connectivity index (χ2v) is 7.61. The van der Waals surface area contributed by atoms with E-state index in [2.05, 4.69) is 15.6 Å². The molecule has 2 aliphatic rings. The van der Waals surface area contributed by atoms with Crippen LogP contribution < -0.4 is 10.6 Å². The number of nitrogens with zero attached hydrogens (tertiary/aromatic N) is 3. The van der Waals surface area contributed by atoms with Crippen molar-refractivity contribution < 1.29 is 9.59 Å². The molecule has 2 atom stereocenters. The quantitative estimate of drug-likeness (QED) is 0.748. The van der Waals surface area contributed by atoms with Crippen LogP contribution in [0.15, 0.2) is 11.4 Å². The van der Waals surface area contributed by atoms with Gasteiger partial charge in [-0.05, 0) is 25.5 Å². The summed E-state index contributed by atoms with van der Waals surface area (Å²) in [7, 11) is 1.95. The molecule has 138 valence electrons. The van der Waals surface area contributed by atoms with Crippen LogP contribution in [-0.2, 0) is 23.2 Å². The number of amides is 2. The molecule has 1 aromatic heterocycles. The molecule has 0 spiro atoms. The Bertz CT molecular complexity index is 627. The molecule has 2 saturated heterocycles. The summed E-state index contributed by atoms with van der Waals surface area (Å²) in [5.41, 5.74) is 0.978. The first-order valence-corrected chi connectivity index (χ1v) is 10.1. The van der Waals surface area contributed by atoms with Crippen LogP contribution in [0.2, 0.25) is 0 Å². The lowest BCUT2D eigenvalue weighted by atomic mass is 9.89. The lowest BCUT2D eigenvalue weighted by Crippen LogP contribution is -2.48. The Labute approximate surface area is 152 Å². The number of nitrogens with one attached hydrogen (secondary N) is 2. The van der Waals surface area contributed by atoms with Crippen LogP contribution in [0.25, 0.3) is 0 Å². The van der Waals surface area contributed by atoms with Gasteiger partial charge in [-0.2, -0.15) is 0 Å². The molecule has 0 aliphatic carbocycles. The van der Waals surface area contributed by atoms with Gasteiger partial charge in [-0.15, -0.1) is 0 Å². The molecule has 3 rings (SSSR count). The van der Waals surface area contributed by atoms with Gasteiger partial charge in [0.25, 0.3) is 0 Å². The van der Waals surface area contributed by atoms with Crippen molar-refractivity contribution in [2.24, 2.45) is 18.9 Å². The summed E-state index contributed by atoms with van der Waals surface area (Å²) in [4.78, 5) is 31.4. The van der Waals surface area contributed by atoms with Crippen LogP contribution in [-0.4, -0.2) is 58.7 Å². The van der Waals surface area contributed by atoms with Crippen LogP contribution in [0.1, 0.15) is 25.0 Å². The number of likely N-dealkylation sites (tertiary alicyclic amines) is 1. The van der Waals surface area contributed by atoms with Crippen LogP contribution >= 0.6 is 11.8 Å². The summed E-state index contributed by atoms with van der Waals surface area (Å²) in [6, 6.07) is 0. The molecule has 0 bridgehead atoms. The number of piperidine rings is 1. The molecule has 2 fully saturated rings. The lowest BCUT2D eigenvalue weighted by molar-refractivity contribution is -0.136. The van der Waals surface area contributed by atoms with E-state index < -0.39 is 0 Å². The van der Waals surface area contributed by atoms with Crippen LogP contribution in [0.5, 0.6) is 0 Å². The Morgan fingerprint density at radius 3 is 2.72 bits per heavy atom. The molecule has 3 heterocycles. The third kappa shape index (κ3) is 4.17. The van der Waals surface area contributed by atoms with Gasteiger partial charge in [-0.25, -0.2) is 4.98 Å². The van der Waals surface area contributed by atoms with E-state index in [-0.39, 0.29) is 23.7 Å². The monoisotopic (exact) mass is 365 g/mol. The Morgan fingerprint density at radius 1 is 1.32 bits per heavy atom. The standard InChI is InChI=1S/C17H27N5O2S/c1-21-14(11-20-17(21)25-2)10-19-15(23)12-7-13(9-18-8-12)16(24)22-5-3-4-6-22/h11-13,18H,3-10H2,1-2H3,(H,19,23). The fraction of sp³-hybridized carbons (Fsp3) is 0.706. The van der Waals surface area contributed by atoms with Crippen molar-refractivity contribution in [2.75, 3.05) is 32.4 Å². The summed E-state index contributed by atoms with van der Waals surface area (Å²) >= 11 is 1.58. The fourth-order valence-electron chi connectivity index (χ4n) is 3.63. The summed E-state index contributed by atoms with van der Waals surface area (Å²) in [5, 5.41) is 7.20. The third-order valence-corrected chi connectivity index (χ3v) is 5.90. The molecule has 2 N–H and O–H groups in total. The molecular formula is C17H27N5O2S. The van der Waals surface area contributed by atoms with Crippen molar-refractivity contribution >= 4 is 23.6 Å². The average Bonchev–Trinajstić information content (AvgIpc) is 3.29. The molecule has 7 nitrogen and oxygen atoms in total. The van der Waals surface area contributed by atoms with Gasteiger partial charge in [0.05, 0.1) is 30.3 Å². The van der Waals surface area contributed by atoms with Gasteiger partial charge in [0.15, 0.2) is 5.16 Å². The van der Waals surface area contributed by atoms with Crippen LogP contribution in [0, 0.1) is 11.8 Å². The first-order chi connectivity index (χ1) is 12.1. The number of hydrogen-bond donors (Lipinski definition) is 2. The Hall–Kier alpha value is -1.54. The van der Waals surface area contributed by atoms with E-state index in [1.165, 1.54) is 0 Å². The maximum atomic E-state index is 12.6. The molecular weight excluding hydrogens is 338 g/mol. The molecule has 0 aromatic carbocycles. The van der Waals surface area contributed by atoms with Gasteiger partial charge < -0.3 is 20.1 Å². The van der Waals surface area contributed by atoms with E-state index >= 15 is 0 Å². The van der Waals surface area contributed by atoms with Crippen molar-refractivity contribution in [3.05, 3.63) is 11.9 Å². The van der Waals surface area contributed by atoms with E-state index in [0.29, 0.717) is 26.1 Å². The minimum Gasteiger partial charge on any atom is -0.350 e. The predicted octanol–water partition coefficient (Wildman–Crippen LogP) is 0.606. The minimum absolute atomic E-state index is 0.0123.